The van der Waals surface area contributed by atoms with Crippen LogP contribution in [0.2, 0.25) is 0 Å². The Hall–Kier alpha value is -0.610. The molecular weight excluding hydrogens is 202 g/mol. The summed E-state index contributed by atoms with van der Waals surface area (Å²) in [6.07, 6.45) is 4.30. The van der Waals surface area contributed by atoms with Crippen molar-refractivity contribution in [3.8, 4) is 0 Å². The summed E-state index contributed by atoms with van der Waals surface area (Å²) in [6, 6.07) is 0.503. The summed E-state index contributed by atoms with van der Waals surface area (Å²) in [5.74, 6) is 1.01. The summed E-state index contributed by atoms with van der Waals surface area (Å²) in [6.45, 7) is 4.34. The van der Waals surface area contributed by atoms with Crippen LogP contribution >= 0.6 is 0 Å². The standard InChI is InChI=1S/C12H23N3O/c1-13-8-10-4-6-15(9-10)7-5-12(16)14-11-2-3-11/h10-11,13H,2-9H2,1H3,(H,14,16). The van der Waals surface area contributed by atoms with Gasteiger partial charge >= 0.3 is 0 Å². The molecule has 2 rings (SSSR count). The molecule has 1 amide bonds. The van der Waals surface area contributed by atoms with Gasteiger partial charge in [-0.1, -0.05) is 0 Å². The molecule has 1 aliphatic heterocycles. The Morgan fingerprint density at radius 2 is 2.19 bits per heavy atom. The molecule has 0 spiro atoms. The number of rotatable bonds is 6. The fourth-order valence-corrected chi connectivity index (χ4v) is 2.36. The summed E-state index contributed by atoms with van der Waals surface area (Å²) in [5.41, 5.74) is 0. The molecule has 2 fully saturated rings. The quantitative estimate of drug-likeness (QED) is 0.678. The van der Waals surface area contributed by atoms with Gasteiger partial charge in [-0.3, -0.25) is 4.79 Å². The van der Waals surface area contributed by atoms with E-state index in [-0.39, 0.29) is 5.91 Å². The molecule has 16 heavy (non-hydrogen) atoms. The van der Waals surface area contributed by atoms with E-state index in [1.165, 1.54) is 19.3 Å². The van der Waals surface area contributed by atoms with Gasteiger partial charge in [-0.2, -0.15) is 0 Å². The van der Waals surface area contributed by atoms with Crippen molar-refractivity contribution in [2.45, 2.75) is 31.7 Å². The normalized spacial score (nSPS) is 25.9. The van der Waals surface area contributed by atoms with Crippen LogP contribution in [-0.2, 0) is 4.79 Å². The monoisotopic (exact) mass is 225 g/mol. The molecule has 0 radical (unpaired) electrons. The molecule has 92 valence electrons. The van der Waals surface area contributed by atoms with Crippen molar-refractivity contribution < 1.29 is 4.79 Å². The maximum atomic E-state index is 11.5. The lowest BCUT2D eigenvalue weighted by Crippen LogP contribution is -2.31. The van der Waals surface area contributed by atoms with E-state index in [9.17, 15) is 4.79 Å². The molecular formula is C12H23N3O. The molecule has 1 unspecified atom stereocenters. The van der Waals surface area contributed by atoms with Gasteiger partial charge in [0.2, 0.25) is 5.91 Å². The van der Waals surface area contributed by atoms with E-state index in [2.05, 4.69) is 15.5 Å². The lowest BCUT2D eigenvalue weighted by Gasteiger charge is -2.15. The highest BCUT2D eigenvalue weighted by Gasteiger charge is 2.25. The number of carbonyl (C=O) groups is 1. The van der Waals surface area contributed by atoms with Gasteiger partial charge in [0.25, 0.3) is 0 Å². The second-order valence-corrected chi connectivity index (χ2v) is 5.10. The van der Waals surface area contributed by atoms with E-state index in [4.69, 9.17) is 0 Å². The molecule has 2 N–H and O–H groups in total. The Morgan fingerprint density at radius 1 is 1.38 bits per heavy atom. The molecule has 4 nitrogen and oxygen atoms in total. The van der Waals surface area contributed by atoms with Gasteiger partial charge in [0.1, 0.15) is 0 Å². The van der Waals surface area contributed by atoms with Crippen molar-refractivity contribution in [3.63, 3.8) is 0 Å². The van der Waals surface area contributed by atoms with Crippen LogP contribution in [0.1, 0.15) is 25.7 Å². The number of nitrogens with one attached hydrogen (secondary N) is 2. The number of hydrogen-bond donors (Lipinski definition) is 2. The van der Waals surface area contributed by atoms with Crippen molar-refractivity contribution in [3.05, 3.63) is 0 Å². The molecule has 0 aromatic heterocycles. The van der Waals surface area contributed by atoms with Crippen LogP contribution in [0, 0.1) is 5.92 Å². The average molecular weight is 225 g/mol. The Morgan fingerprint density at radius 3 is 2.88 bits per heavy atom. The SMILES string of the molecule is CNCC1CCN(CCC(=O)NC2CC2)C1. The molecule has 0 aromatic rings. The first-order chi connectivity index (χ1) is 7.78. The van der Waals surface area contributed by atoms with E-state index < -0.39 is 0 Å². The number of likely N-dealkylation sites (tertiary alicyclic amines) is 1. The Labute approximate surface area is 97.8 Å². The minimum atomic E-state index is 0.236. The van der Waals surface area contributed by atoms with E-state index in [0.717, 1.165) is 32.1 Å². The van der Waals surface area contributed by atoms with E-state index >= 15 is 0 Å². The Kier molecular flexibility index (Phi) is 4.18. The third kappa shape index (κ3) is 3.76. The van der Waals surface area contributed by atoms with Crippen molar-refractivity contribution >= 4 is 5.91 Å². The molecule has 0 aromatic carbocycles. The Bertz CT molecular complexity index is 240. The van der Waals surface area contributed by atoms with Gasteiger partial charge in [-0.05, 0) is 45.3 Å². The highest BCUT2D eigenvalue weighted by molar-refractivity contribution is 5.76. The summed E-state index contributed by atoms with van der Waals surface area (Å²) in [5, 5.41) is 6.26. The van der Waals surface area contributed by atoms with Crippen molar-refractivity contribution in [1.82, 2.24) is 15.5 Å². The number of carbonyl (C=O) groups excluding carboxylic acids is 1. The lowest BCUT2D eigenvalue weighted by atomic mass is 10.1. The van der Waals surface area contributed by atoms with Gasteiger partial charge in [-0.25, -0.2) is 0 Å². The van der Waals surface area contributed by atoms with Crippen LogP contribution in [0.15, 0.2) is 0 Å². The summed E-state index contributed by atoms with van der Waals surface area (Å²) < 4.78 is 0. The number of hydrogen-bond acceptors (Lipinski definition) is 3. The average Bonchev–Trinajstić information content (AvgIpc) is 2.95. The molecule has 1 aliphatic carbocycles. The van der Waals surface area contributed by atoms with Gasteiger partial charge in [0, 0.05) is 25.6 Å². The molecule has 4 heteroatoms. The molecule has 1 atom stereocenters. The maximum Gasteiger partial charge on any atom is 0.221 e. The summed E-state index contributed by atoms with van der Waals surface area (Å²) in [7, 11) is 2.01. The highest BCUT2D eigenvalue weighted by atomic mass is 16.1. The third-order valence-corrected chi connectivity index (χ3v) is 3.46. The van der Waals surface area contributed by atoms with E-state index in [1.807, 2.05) is 7.05 Å². The third-order valence-electron chi connectivity index (χ3n) is 3.46. The van der Waals surface area contributed by atoms with Crippen LogP contribution in [0.4, 0.5) is 0 Å². The second kappa shape index (κ2) is 5.64. The Balaban J connectivity index is 1.57. The zero-order valence-electron chi connectivity index (χ0n) is 10.2. The molecule has 1 saturated heterocycles. The minimum Gasteiger partial charge on any atom is -0.353 e. The summed E-state index contributed by atoms with van der Waals surface area (Å²) >= 11 is 0. The fourth-order valence-electron chi connectivity index (χ4n) is 2.36. The first-order valence-corrected chi connectivity index (χ1v) is 6.44. The number of amides is 1. The molecule has 0 bridgehead atoms. The van der Waals surface area contributed by atoms with Crippen molar-refractivity contribution in [2.75, 3.05) is 33.2 Å². The highest BCUT2D eigenvalue weighted by Crippen LogP contribution is 2.19. The smallest absolute Gasteiger partial charge is 0.221 e. The van der Waals surface area contributed by atoms with Crippen LogP contribution in [0.5, 0.6) is 0 Å². The second-order valence-electron chi connectivity index (χ2n) is 5.10. The largest absolute Gasteiger partial charge is 0.353 e. The van der Waals surface area contributed by atoms with Crippen molar-refractivity contribution in [1.29, 1.82) is 0 Å². The first kappa shape index (κ1) is 11.9. The maximum absolute atomic E-state index is 11.5. The van der Waals surface area contributed by atoms with E-state index in [0.29, 0.717) is 12.5 Å². The predicted octanol–water partition coefficient (Wildman–Crippen LogP) is 0.196. The van der Waals surface area contributed by atoms with E-state index in [1.54, 1.807) is 0 Å². The minimum absolute atomic E-state index is 0.236. The fraction of sp³-hybridized carbons (Fsp3) is 0.917. The zero-order chi connectivity index (χ0) is 11.4. The predicted molar refractivity (Wildman–Crippen MR) is 64.3 cm³/mol. The zero-order valence-corrected chi connectivity index (χ0v) is 10.2. The van der Waals surface area contributed by atoms with Crippen LogP contribution < -0.4 is 10.6 Å². The van der Waals surface area contributed by atoms with Gasteiger partial charge in [0.05, 0.1) is 0 Å². The van der Waals surface area contributed by atoms with Gasteiger partial charge in [0.15, 0.2) is 0 Å². The molecule has 1 heterocycles. The topological polar surface area (TPSA) is 44.4 Å². The van der Waals surface area contributed by atoms with Crippen LogP contribution in [-0.4, -0.2) is 50.1 Å². The molecule has 2 aliphatic rings. The van der Waals surface area contributed by atoms with Gasteiger partial charge < -0.3 is 15.5 Å². The first-order valence-electron chi connectivity index (χ1n) is 6.44. The van der Waals surface area contributed by atoms with Crippen LogP contribution in [0.25, 0.3) is 0 Å². The van der Waals surface area contributed by atoms with Gasteiger partial charge in [-0.15, -0.1) is 0 Å². The van der Waals surface area contributed by atoms with Crippen LogP contribution in [0.3, 0.4) is 0 Å². The lowest BCUT2D eigenvalue weighted by molar-refractivity contribution is -0.121. The molecule has 1 saturated carbocycles. The van der Waals surface area contributed by atoms with Crippen molar-refractivity contribution in [2.24, 2.45) is 5.92 Å². The summed E-state index contributed by atoms with van der Waals surface area (Å²) in [4.78, 5) is 13.9. The number of nitrogens with zero attached hydrogens (tertiary/aromatic N) is 1.